The second-order valence-corrected chi connectivity index (χ2v) is 14.3. The molecule has 0 fully saturated rings. The Labute approximate surface area is 138 Å². The van der Waals surface area contributed by atoms with E-state index in [0.29, 0.717) is 0 Å². The second kappa shape index (κ2) is 19.8. The molecule has 11 heavy (non-hydrogen) atoms. The second-order valence-electron chi connectivity index (χ2n) is 0.529. The molecule has 0 saturated heterocycles. The maximum atomic E-state index is 4.68. The van der Waals surface area contributed by atoms with Gasteiger partial charge < -0.3 is 39.4 Å². The van der Waals surface area contributed by atoms with Gasteiger partial charge in [-0.05, 0) is 0 Å². The molecule has 50 valence electrons. The van der Waals surface area contributed by atoms with Crippen LogP contribution in [0.1, 0.15) is 1.43 Å². The molecule has 0 rings (SSSR count). The van der Waals surface area contributed by atoms with Gasteiger partial charge in [0.15, 0.2) is 33.8 Å². The average molecular weight is 276 g/mol. The van der Waals surface area contributed by atoms with E-state index in [2.05, 4.69) is 48.1 Å². The van der Waals surface area contributed by atoms with E-state index < -0.39 is 10.2 Å². The van der Waals surface area contributed by atoms with Crippen LogP contribution in [-0.4, -0.2) is 0 Å². The van der Waals surface area contributed by atoms with Crippen LogP contribution in [0.4, 0.5) is 0 Å². The van der Waals surface area contributed by atoms with Crippen molar-refractivity contribution in [2.75, 3.05) is 0 Å². The molecule has 0 aliphatic heterocycles. The standard InChI is InChI=1S/3Li.P2S5.S.H/c;;;3-1(4)7-2(5)6;;/q3*+1;;-2;-1. The van der Waals surface area contributed by atoms with Crippen LogP contribution in [-0.2, 0) is 61.6 Å². The largest absolute Gasteiger partial charge is 2.00 e. The SMILES string of the molecule is S=[P+]([S-])S[P+](=S)[S-].[H-].[Li+].[Li+].[Li+].[S-2]. The third-order valence-electron chi connectivity index (χ3n) is 0.133. The minimum absolute atomic E-state index is 0. The van der Waals surface area contributed by atoms with Crippen LogP contribution in [0.5, 0.6) is 0 Å². The van der Waals surface area contributed by atoms with Crippen molar-refractivity contribution < 1.29 is 58.0 Å². The summed E-state index contributed by atoms with van der Waals surface area (Å²) in [5.74, 6) is 0. The molecule has 0 aliphatic rings. The summed E-state index contributed by atoms with van der Waals surface area (Å²) in [7, 11) is 0. The summed E-state index contributed by atoms with van der Waals surface area (Å²) in [5.41, 5.74) is 0. The molecule has 2 unspecified atom stereocenters. The molecule has 11 heteroatoms. The van der Waals surface area contributed by atoms with Crippen LogP contribution < -0.4 is 56.6 Å². The van der Waals surface area contributed by atoms with Crippen molar-refractivity contribution in [3.8, 4) is 0 Å². The Hall–Kier alpha value is 4.23. The Morgan fingerprint density at radius 1 is 1.00 bits per heavy atom. The van der Waals surface area contributed by atoms with Crippen LogP contribution in [0.3, 0.4) is 0 Å². The van der Waals surface area contributed by atoms with Crippen molar-refractivity contribution in [1.29, 1.82) is 0 Å². The maximum absolute atomic E-state index is 4.68. The molecule has 0 heterocycles. The van der Waals surface area contributed by atoms with Gasteiger partial charge in [0, 0.05) is 0 Å². The molecule has 0 aromatic heterocycles. The fraction of sp³-hybridized carbons (Fsp3) is 0. The summed E-state index contributed by atoms with van der Waals surface area (Å²) in [5, 5.41) is -1.47. The van der Waals surface area contributed by atoms with E-state index in [1.807, 2.05) is 0 Å². The third-order valence-corrected chi connectivity index (χ3v) is 10.8. The first kappa shape index (κ1) is 29.5. The molecule has 0 aromatic carbocycles. The van der Waals surface area contributed by atoms with Crippen molar-refractivity contribution in [3.63, 3.8) is 0 Å². The maximum Gasteiger partial charge on any atom is 1.00 e. The summed E-state index contributed by atoms with van der Waals surface area (Å²) in [6, 6.07) is 0. The van der Waals surface area contributed by atoms with E-state index in [1.165, 1.54) is 11.0 Å². The van der Waals surface area contributed by atoms with Gasteiger partial charge in [-0.15, -0.1) is 0 Å². The molecule has 0 bridgehead atoms. The molecule has 0 nitrogen and oxygen atoms in total. The Morgan fingerprint density at radius 2 is 1.18 bits per heavy atom. The number of hydrogen-bond donors (Lipinski definition) is 0. The molecule has 0 radical (unpaired) electrons. The molecule has 0 aromatic rings. The van der Waals surface area contributed by atoms with Gasteiger partial charge in [-0.25, -0.2) is 0 Å². The normalized spacial score (nSPS) is 8.55. The topological polar surface area (TPSA) is 0 Å². The van der Waals surface area contributed by atoms with Gasteiger partial charge in [0.05, 0.1) is 0 Å². The van der Waals surface area contributed by atoms with Crippen LogP contribution in [0.2, 0.25) is 0 Å². The summed E-state index contributed by atoms with van der Waals surface area (Å²) >= 11 is 20.1. The van der Waals surface area contributed by atoms with E-state index in [-0.39, 0.29) is 71.5 Å². The summed E-state index contributed by atoms with van der Waals surface area (Å²) in [6.07, 6.45) is 0. The van der Waals surface area contributed by atoms with Crippen LogP contribution in [0.15, 0.2) is 0 Å². The zero-order valence-electron chi connectivity index (χ0n) is 7.34. The van der Waals surface area contributed by atoms with Gasteiger partial charge in [-0.2, -0.15) is 0 Å². The predicted octanol–water partition coefficient (Wildman–Crippen LogP) is -6.52. The molecular weight excluding hydrogens is 275 g/mol. The zero-order chi connectivity index (χ0) is 5.86. The van der Waals surface area contributed by atoms with Gasteiger partial charge in [-0.1, -0.05) is 0 Å². The van der Waals surface area contributed by atoms with Crippen LogP contribution >= 0.6 is 21.2 Å². The van der Waals surface area contributed by atoms with Gasteiger partial charge in [0.25, 0.3) is 11.0 Å². The zero-order valence-corrected chi connectivity index (χ0v) is 13.0. The Bertz CT molecular complexity index is 97.0. The van der Waals surface area contributed by atoms with Crippen molar-refractivity contribution >= 4 is 82.8 Å². The molecule has 0 saturated carbocycles. The van der Waals surface area contributed by atoms with Gasteiger partial charge >= 0.3 is 56.6 Å². The molecule has 2 atom stereocenters. The van der Waals surface area contributed by atoms with Crippen LogP contribution in [0.25, 0.3) is 0 Å². The quantitative estimate of drug-likeness (QED) is 0.279. The van der Waals surface area contributed by atoms with Crippen molar-refractivity contribution in [3.05, 3.63) is 0 Å². The molecule has 0 spiro atoms. The van der Waals surface area contributed by atoms with Gasteiger partial charge in [0.2, 0.25) is 0 Å². The first-order chi connectivity index (χ1) is 3.13. The number of rotatable bonds is 2. The fourth-order valence-corrected chi connectivity index (χ4v) is 13.2. The Morgan fingerprint density at radius 3 is 1.18 bits per heavy atom. The van der Waals surface area contributed by atoms with Gasteiger partial charge in [0.1, 0.15) is 0 Å². The molecule has 0 amide bonds. The third kappa shape index (κ3) is 31.4. The molecule has 0 aliphatic carbocycles. The van der Waals surface area contributed by atoms with E-state index in [9.17, 15) is 0 Å². The fourth-order valence-electron chi connectivity index (χ4n) is 0.0544. The Balaban J connectivity index is -0.0000000180. The summed E-state index contributed by atoms with van der Waals surface area (Å²) < 4.78 is 0. The van der Waals surface area contributed by atoms with Crippen molar-refractivity contribution in [2.45, 2.75) is 0 Å². The van der Waals surface area contributed by atoms with Crippen LogP contribution in [0, 0.1) is 0 Å². The van der Waals surface area contributed by atoms with E-state index >= 15 is 0 Å². The van der Waals surface area contributed by atoms with E-state index in [4.69, 9.17) is 0 Å². The van der Waals surface area contributed by atoms with Crippen molar-refractivity contribution in [1.82, 2.24) is 0 Å². The smallest absolute Gasteiger partial charge is 1.00 e. The van der Waals surface area contributed by atoms with E-state index in [1.54, 1.807) is 0 Å². The monoisotopic (exact) mass is 276 g/mol. The molecule has 0 N–H and O–H groups in total. The number of hydrogen-bond acceptors (Lipinski definition) is 5. The summed E-state index contributed by atoms with van der Waals surface area (Å²) in [4.78, 5) is 0. The minimum atomic E-state index is -0.736. The Kier molecular flexibility index (Phi) is 52.9. The average Bonchev–Trinajstić information content (AvgIpc) is 1.27. The van der Waals surface area contributed by atoms with E-state index in [0.717, 1.165) is 0 Å². The molecular formula is HLi3P2S6. The predicted molar refractivity (Wildman–Crippen MR) is 59.4 cm³/mol. The first-order valence-corrected chi connectivity index (χ1v) is 9.86. The van der Waals surface area contributed by atoms with Crippen molar-refractivity contribution in [2.24, 2.45) is 0 Å². The minimum Gasteiger partial charge on any atom is -2.00 e. The first-order valence-electron chi connectivity index (χ1n) is 1.10. The van der Waals surface area contributed by atoms with Gasteiger partial charge in [-0.3, -0.25) is 0 Å². The summed E-state index contributed by atoms with van der Waals surface area (Å²) in [6.45, 7) is 0.